The van der Waals surface area contributed by atoms with Crippen molar-refractivity contribution in [3.63, 3.8) is 0 Å². The summed E-state index contributed by atoms with van der Waals surface area (Å²) in [4.78, 5) is 12.2. The number of ether oxygens (including phenoxy) is 2. The van der Waals surface area contributed by atoms with Crippen molar-refractivity contribution in [2.75, 3.05) is 13.7 Å². The van der Waals surface area contributed by atoms with Crippen LogP contribution in [0.25, 0.3) is 0 Å². The number of carbonyl (C=O) groups is 1. The summed E-state index contributed by atoms with van der Waals surface area (Å²) in [6.07, 6.45) is 0.792. The maximum absolute atomic E-state index is 12.2. The van der Waals surface area contributed by atoms with Gasteiger partial charge in [0.2, 0.25) is 0 Å². The lowest BCUT2D eigenvalue weighted by Crippen LogP contribution is -2.25. The number of carbonyl (C=O) groups excluding carboxylic acids is 1. The molecule has 0 aliphatic carbocycles. The summed E-state index contributed by atoms with van der Waals surface area (Å²) in [5.41, 5.74) is 2.12. The van der Waals surface area contributed by atoms with Crippen LogP contribution in [0, 0.1) is 13.8 Å². The molecule has 0 bridgehead atoms. The predicted octanol–water partition coefficient (Wildman–Crippen LogP) is 3.50. The average Bonchev–Trinajstić information content (AvgIpc) is 3.29. The Morgan fingerprint density at radius 3 is 2.75 bits per heavy atom. The van der Waals surface area contributed by atoms with E-state index in [4.69, 9.17) is 13.9 Å². The van der Waals surface area contributed by atoms with Crippen molar-refractivity contribution in [2.24, 2.45) is 0 Å². The van der Waals surface area contributed by atoms with Crippen LogP contribution in [-0.2, 0) is 13.2 Å². The number of benzene rings is 1. The average molecular weight is 383 g/mol. The first-order valence-electron chi connectivity index (χ1n) is 9.20. The van der Waals surface area contributed by atoms with E-state index in [9.17, 15) is 4.79 Å². The van der Waals surface area contributed by atoms with Crippen LogP contribution >= 0.6 is 0 Å². The van der Waals surface area contributed by atoms with E-state index in [1.807, 2.05) is 42.8 Å². The Labute approximate surface area is 164 Å². The molecule has 7 nitrogen and oxygen atoms in total. The van der Waals surface area contributed by atoms with Crippen molar-refractivity contribution >= 4 is 5.91 Å². The molecule has 3 rings (SSSR count). The number of aromatic nitrogens is 2. The Morgan fingerprint density at radius 2 is 2.00 bits per heavy atom. The van der Waals surface area contributed by atoms with Gasteiger partial charge in [0.15, 0.2) is 5.76 Å². The summed E-state index contributed by atoms with van der Waals surface area (Å²) in [5, 5.41) is 7.27. The van der Waals surface area contributed by atoms with Gasteiger partial charge in [0, 0.05) is 24.8 Å². The molecular weight excluding hydrogens is 358 g/mol. The monoisotopic (exact) mass is 383 g/mol. The third kappa shape index (κ3) is 5.16. The van der Waals surface area contributed by atoms with E-state index in [1.54, 1.807) is 25.3 Å². The molecule has 0 unspecified atom stereocenters. The highest BCUT2D eigenvalue weighted by Crippen LogP contribution is 2.20. The molecular formula is C21H25N3O4. The molecule has 0 saturated heterocycles. The molecule has 2 heterocycles. The van der Waals surface area contributed by atoms with Crippen LogP contribution in [-0.4, -0.2) is 29.3 Å². The van der Waals surface area contributed by atoms with E-state index in [-0.39, 0.29) is 18.3 Å². The van der Waals surface area contributed by atoms with Crippen molar-refractivity contribution in [1.29, 1.82) is 0 Å². The molecule has 0 fully saturated rings. The minimum atomic E-state index is -0.235. The van der Waals surface area contributed by atoms with E-state index < -0.39 is 0 Å². The Hall–Kier alpha value is -3.22. The summed E-state index contributed by atoms with van der Waals surface area (Å²) in [7, 11) is 1.60. The summed E-state index contributed by atoms with van der Waals surface area (Å²) in [6, 6.07) is 12.8. The number of methoxy groups -OCH3 is 1. The van der Waals surface area contributed by atoms with Crippen molar-refractivity contribution in [3.05, 3.63) is 65.4 Å². The normalized spacial score (nSPS) is 10.7. The Balaban J connectivity index is 1.43. The molecule has 0 radical (unpaired) electrons. The lowest BCUT2D eigenvalue weighted by atomic mass is 10.3. The van der Waals surface area contributed by atoms with Crippen LogP contribution in [0.1, 0.15) is 34.1 Å². The van der Waals surface area contributed by atoms with Gasteiger partial charge in [-0.25, -0.2) is 0 Å². The van der Waals surface area contributed by atoms with Gasteiger partial charge in [-0.2, -0.15) is 5.10 Å². The molecule has 7 heteroatoms. The van der Waals surface area contributed by atoms with Crippen molar-refractivity contribution in [1.82, 2.24) is 15.1 Å². The van der Waals surface area contributed by atoms with Crippen LogP contribution in [0.5, 0.6) is 11.5 Å². The Kier molecular flexibility index (Phi) is 6.37. The zero-order valence-corrected chi connectivity index (χ0v) is 16.4. The smallest absolute Gasteiger partial charge is 0.286 e. The van der Waals surface area contributed by atoms with Gasteiger partial charge in [-0.15, -0.1) is 0 Å². The van der Waals surface area contributed by atoms with Gasteiger partial charge in [0.25, 0.3) is 5.91 Å². The van der Waals surface area contributed by atoms with Crippen LogP contribution in [0.2, 0.25) is 0 Å². The molecule has 0 aliphatic heterocycles. The van der Waals surface area contributed by atoms with Gasteiger partial charge in [0.1, 0.15) is 23.9 Å². The minimum Gasteiger partial charge on any atom is -0.497 e. The molecule has 1 amide bonds. The van der Waals surface area contributed by atoms with E-state index in [2.05, 4.69) is 10.4 Å². The number of nitrogens with zero attached hydrogens (tertiary/aromatic N) is 2. The molecule has 3 aromatic rings. The number of amides is 1. The number of aryl methyl sites for hydroxylation is 3. The SMILES string of the molecule is COc1cccc(OCc2ccc(C(=O)NCCCn3nc(C)cc3C)o2)c1. The van der Waals surface area contributed by atoms with E-state index in [0.29, 0.717) is 18.1 Å². The van der Waals surface area contributed by atoms with Gasteiger partial charge in [0.05, 0.1) is 12.8 Å². The second-order valence-corrected chi connectivity index (χ2v) is 6.49. The van der Waals surface area contributed by atoms with Gasteiger partial charge in [-0.3, -0.25) is 9.48 Å². The van der Waals surface area contributed by atoms with Crippen molar-refractivity contribution in [2.45, 2.75) is 33.4 Å². The third-order valence-electron chi connectivity index (χ3n) is 4.24. The highest BCUT2D eigenvalue weighted by Gasteiger charge is 2.11. The van der Waals surface area contributed by atoms with Crippen LogP contribution in [0.15, 0.2) is 46.9 Å². The number of furan rings is 1. The first kappa shape index (κ1) is 19.5. The van der Waals surface area contributed by atoms with Gasteiger partial charge >= 0.3 is 0 Å². The molecule has 1 N–H and O–H groups in total. The molecule has 1 aromatic carbocycles. The van der Waals surface area contributed by atoms with Gasteiger partial charge in [-0.05, 0) is 50.6 Å². The number of rotatable bonds is 9. The van der Waals surface area contributed by atoms with E-state index in [0.717, 1.165) is 30.1 Å². The lowest BCUT2D eigenvalue weighted by molar-refractivity contribution is 0.0921. The molecule has 0 spiro atoms. The maximum Gasteiger partial charge on any atom is 0.286 e. The number of nitrogens with one attached hydrogen (secondary N) is 1. The van der Waals surface area contributed by atoms with E-state index >= 15 is 0 Å². The zero-order valence-electron chi connectivity index (χ0n) is 16.4. The zero-order chi connectivity index (χ0) is 19.9. The second kappa shape index (κ2) is 9.12. The highest BCUT2D eigenvalue weighted by molar-refractivity contribution is 5.91. The first-order chi connectivity index (χ1) is 13.5. The van der Waals surface area contributed by atoms with Crippen LogP contribution in [0.3, 0.4) is 0 Å². The van der Waals surface area contributed by atoms with Crippen LogP contribution in [0.4, 0.5) is 0 Å². The summed E-state index contributed by atoms with van der Waals surface area (Å²) in [6.45, 7) is 5.54. The number of hydrogen-bond donors (Lipinski definition) is 1. The molecule has 0 saturated carbocycles. The summed E-state index contributed by atoms with van der Waals surface area (Å²) in [5.74, 6) is 2.01. The molecule has 0 atom stereocenters. The fourth-order valence-electron chi connectivity index (χ4n) is 2.84. The largest absolute Gasteiger partial charge is 0.497 e. The lowest BCUT2D eigenvalue weighted by Gasteiger charge is -2.06. The topological polar surface area (TPSA) is 78.5 Å². The first-order valence-corrected chi connectivity index (χ1v) is 9.20. The molecule has 148 valence electrons. The van der Waals surface area contributed by atoms with Gasteiger partial charge in [-0.1, -0.05) is 6.07 Å². The Morgan fingerprint density at radius 1 is 1.18 bits per heavy atom. The number of hydrogen-bond acceptors (Lipinski definition) is 5. The molecule has 28 heavy (non-hydrogen) atoms. The minimum absolute atomic E-state index is 0.234. The van der Waals surface area contributed by atoms with Gasteiger partial charge < -0.3 is 19.2 Å². The highest BCUT2D eigenvalue weighted by atomic mass is 16.5. The van der Waals surface area contributed by atoms with Crippen LogP contribution < -0.4 is 14.8 Å². The maximum atomic E-state index is 12.2. The Bertz CT molecular complexity index is 929. The third-order valence-corrected chi connectivity index (χ3v) is 4.24. The standard InChI is InChI=1S/C21H25N3O4/c1-15-12-16(2)24(23-15)11-5-10-22-21(25)20-9-8-19(28-20)14-27-18-7-4-6-17(13-18)26-3/h4,6-9,12-13H,5,10-11,14H2,1-3H3,(H,22,25). The van der Waals surface area contributed by atoms with E-state index in [1.165, 1.54) is 0 Å². The predicted molar refractivity (Wildman–Crippen MR) is 105 cm³/mol. The van der Waals surface area contributed by atoms with Crippen molar-refractivity contribution < 1.29 is 18.7 Å². The quantitative estimate of drug-likeness (QED) is 0.572. The summed E-state index contributed by atoms with van der Waals surface area (Å²) >= 11 is 0. The fraction of sp³-hybridized carbons (Fsp3) is 0.333. The van der Waals surface area contributed by atoms with Crippen molar-refractivity contribution in [3.8, 4) is 11.5 Å². The molecule has 2 aromatic heterocycles. The summed E-state index contributed by atoms with van der Waals surface area (Å²) < 4.78 is 18.4. The fourth-order valence-corrected chi connectivity index (χ4v) is 2.84. The second-order valence-electron chi connectivity index (χ2n) is 6.49. The molecule has 0 aliphatic rings.